The zero-order chi connectivity index (χ0) is 16.9. The van der Waals surface area contributed by atoms with Gasteiger partial charge in [0.25, 0.3) is 0 Å². The van der Waals surface area contributed by atoms with Crippen molar-refractivity contribution in [1.82, 2.24) is 14.9 Å². The van der Waals surface area contributed by atoms with Crippen LogP contribution in [-0.4, -0.2) is 34.4 Å². The lowest BCUT2D eigenvalue weighted by Gasteiger charge is -2.18. The highest BCUT2D eigenvalue weighted by molar-refractivity contribution is 7.99. The van der Waals surface area contributed by atoms with E-state index in [1.165, 1.54) is 0 Å². The summed E-state index contributed by atoms with van der Waals surface area (Å²) in [7, 11) is 1.63. The van der Waals surface area contributed by atoms with Crippen LogP contribution in [0.3, 0.4) is 0 Å². The Morgan fingerprint density at radius 3 is 3.12 bits per heavy atom. The molecule has 0 saturated carbocycles. The fourth-order valence-corrected chi connectivity index (χ4v) is 3.58. The van der Waals surface area contributed by atoms with E-state index in [0.29, 0.717) is 13.0 Å². The molecular formula is C17H22N4O2S. The maximum absolute atomic E-state index is 12.4. The molecule has 2 heterocycles. The Morgan fingerprint density at radius 2 is 2.38 bits per heavy atom. The van der Waals surface area contributed by atoms with Gasteiger partial charge in [0.1, 0.15) is 11.8 Å². The molecule has 1 atom stereocenters. The Kier molecular flexibility index (Phi) is 5.30. The summed E-state index contributed by atoms with van der Waals surface area (Å²) in [5.74, 6) is 1.82. The lowest BCUT2D eigenvalue weighted by molar-refractivity contribution is -0.122. The number of hydrogen-bond acceptors (Lipinski definition) is 5. The standard InChI is InChI=1S/C17H22N4O2S/c1-3-15(19-12-5-4-6-14(9-12)23-2)16(22)18-10-13-11-21-7-8-24-17(21)20-13/h4-6,9,11,15,19H,3,7-8,10H2,1-2H3,(H,18,22)/t15-/m0/s1. The number of thioether (sulfide) groups is 1. The number of anilines is 1. The first-order valence-corrected chi connectivity index (χ1v) is 9.05. The fraction of sp³-hybridized carbons (Fsp3) is 0.412. The van der Waals surface area contributed by atoms with Gasteiger partial charge in [-0.25, -0.2) is 4.98 Å². The molecule has 6 nitrogen and oxygen atoms in total. The highest BCUT2D eigenvalue weighted by Gasteiger charge is 2.18. The maximum atomic E-state index is 12.4. The lowest BCUT2D eigenvalue weighted by atomic mass is 10.2. The third-order valence-corrected chi connectivity index (χ3v) is 4.90. The maximum Gasteiger partial charge on any atom is 0.242 e. The molecule has 7 heteroatoms. The summed E-state index contributed by atoms with van der Waals surface area (Å²) >= 11 is 1.75. The Morgan fingerprint density at radius 1 is 1.50 bits per heavy atom. The number of rotatable bonds is 7. The van der Waals surface area contributed by atoms with Crippen LogP contribution >= 0.6 is 11.8 Å². The number of imidazole rings is 1. The van der Waals surface area contributed by atoms with Gasteiger partial charge < -0.3 is 19.9 Å². The molecule has 1 aromatic carbocycles. The van der Waals surface area contributed by atoms with Crippen molar-refractivity contribution in [2.75, 3.05) is 18.2 Å². The highest BCUT2D eigenvalue weighted by atomic mass is 32.2. The van der Waals surface area contributed by atoms with Crippen LogP contribution < -0.4 is 15.4 Å². The predicted octanol–water partition coefficient (Wildman–Crippen LogP) is 2.50. The van der Waals surface area contributed by atoms with Crippen molar-refractivity contribution < 1.29 is 9.53 Å². The van der Waals surface area contributed by atoms with Crippen LogP contribution in [0, 0.1) is 0 Å². The van der Waals surface area contributed by atoms with Crippen LogP contribution in [0.5, 0.6) is 5.75 Å². The number of hydrogen-bond donors (Lipinski definition) is 2. The van der Waals surface area contributed by atoms with Gasteiger partial charge in [0.15, 0.2) is 5.16 Å². The molecule has 0 spiro atoms. The first-order valence-electron chi connectivity index (χ1n) is 8.06. The number of nitrogens with zero attached hydrogens (tertiary/aromatic N) is 2. The number of fused-ring (bicyclic) bond motifs is 1. The molecule has 128 valence electrons. The van der Waals surface area contributed by atoms with E-state index in [4.69, 9.17) is 4.74 Å². The van der Waals surface area contributed by atoms with Crippen molar-refractivity contribution in [2.24, 2.45) is 0 Å². The first-order chi connectivity index (χ1) is 11.7. The number of nitrogens with one attached hydrogen (secondary N) is 2. The van der Waals surface area contributed by atoms with Gasteiger partial charge in [-0.2, -0.15) is 0 Å². The zero-order valence-corrected chi connectivity index (χ0v) is 14.7. The van der Waals surface area contributed by atoms with Crippen molar-refractivity contribution in [3.63, 3.8) is 0 Å². The molecule has 0 unspecified atom stereocenters. The number of carbonyl (C=O) groups excluding carboxylic acids is 1. The molecule has 0 fully saturated rings. The van der Waals surface area contributed by atoms with E-state index in [0.717, 1.165) is 34.6 Å². The molecule has 2 N–H and O–H groups in total. The summed E-state index contributed by atoms with van der Waals surface area (Å²) in [4.78, 5) is 17.0. The van der Waals surface area contributed by atoms with E-state index in [9.17, 15) is 4.79 Å². The topological polar surface area (TPSA) is 68.2 Å². The Bertz CT molecular complexity index is 695. The smallest absolute Gasteiger partial charge is 0.242 e. The van der Waals surface area contributed by atoms with Crippen LogP contribution in [-0.2, 0) is 17.9 Å². The molecule has 1 amide bonds. The first kappa shape index (κ1) is 16.7. The average molecular weight is 346 g/mol. The summed E-state index contributed by atoms with van der Waals surface area (Å²) in [6, 6.07) is 7.29. The van der Waals surface area contributed by atoms with Gasteiger partial charge in [-0.3, -0.25) is 4.79 Å². The molecule has 0 bridgehead atoms. The van der Waals surface area contributed by atoms with Crippen molar-refractivity contribution in [3.05, 3.63) is 36.2 Å². The minimum atomic E-state index is -0.291. The lowest BCUT2D eigenvalue weighted by Crippen LogP contribution is -2.39. The van der Waals surface area contributed by atoms with E-state index in [-0.39, 0.29) is 11.9 Å². The molecule has 0 saturated heterocycles. The van der Waals surface area contributed by atoms with Gasteiger partial charge >= 0.3 is 0 Å². The zero-order valence-electron chi connectivity index (χ0n) is 13.9. The van der Waals surface area contributed by atoms with E-state index >= 15 is 0 Å². The second kappa shape index (κ2) is 7.61. The van der Waals surface area contributed by atoms with E-state index in [1.54, 1.807) is 18.9 Å². The summed E-state index contributed by atoms with van der Waals surface area (Å²) in [6.45, 7) is 3.44. The number of aromatic nitrogens is 2. The van der Waals surface area contributed by atoms with Crippen molar-refractivity contribution in [1.29, 1.82) is 0 Å². The molecule has 1 aromatic heterocycles. The van der Waals surface area contributed by atoms with Crippen molar-refractivity contribution in [2.45, 2.75) is 37.6 Å². The molecule has 3 rings (SSSR count). The third kappa shape index (κ3) is 3.84. The Labute approximate surface area is 146 Å². The number of benzene rings is 1. The minimum Gasteiger partial charge on any atom is -0.497 e. The van der Waals surface area contributed by atoms with Crippen LogP contribution in [0.15, 0.2) is 35.6 Å². The highest BCUT2D eigenvalue weighted by Crippen LogP contribution is 2.24. The number of amides is 1. The average Bonchev–Trinajstić information content (AvgIpc) is 3.19. The van der Waals surface area contributed by atoms with Gasteiger partial charge in [-0.1, -0.05) is 24.8 Å². The molecule has 2 aromatic rings. The Hall–Kier alpha value is -2.15. The van der Waals surface area contributed by atoms with E-state index in [2.05, 4.69) is 20.2 Å². The van der Waals surface area contributed by atoms with Gasteiger partial charge in [-0.05, 0) is 18.6 Å². The quantitative estimate of drug-likeness (QED) is 0.806. The van der Waals surface area contributed by atoms with Crippen molar-refractivity contribution >= 4 is 23.4 Å². The number of carbonyl (C=O) groups is 1. The summed E-state index contributed by atoms with van der Waals surface area (Å²) in [5, 5.41) is 7.27. The Balaban J connectivity index is 1.56. The molecule has 1 aliphatic heterocycles. The fourth-order valence-electron chi connectivity index (χ4n) is 2.61. The molecule has 24 heavy (non-hydrogen) atoms. The second-order valence-electron chi connectivity index (χ2n) is 5.61. The number of aryl methyl sites for hydroxylation is 1. The van der Waals surface area contributed by atoms with Gasteiger partial charge in [0.05, 0.1) is 19.3 Å². The second-order valence-corrected chi connectivity index (χ2v) is 6.67. The van der Waals surface area contributed by atoms with Crippen LogP contribution in [0.4, 0.5) is 5.69 Å². The minimum absolute atomic E-state index is 0.0267. The molecule has 0 aliphatic carbocycles. The van der Waals surface area contributed by atoms with Gasteiger partial charge in [0.2, 0.25) is 5.91 Å². The van der Waals surface area contributed by atoms with E-state index in [1.807, 2.05) is 37.4 Å². The largest absolute Gasteiger partial charge is 0.497 e. The molecular weight excluding hydrogens is 324 g/mol. The SMILES string of the molecule is CC[C@H](Nc1cccc(OC)c1)C(=O)NCc1cn2c(n1)SCC2. The van der Waals surface area contributed by atoms with Crippen LogP contribution in [0.25, 0.3) is 0 Å². The number of ether oxygens (including phenoxy) is 1. The van der Waals surface area contributed by atoms with Crippen molar-refractivity contribution in [3.8, 4) is 5.75 Å². The van der Waals surface area contributed by atoms with E-state index < -0.39 is 0 Å². The summed E-state index contributed by atoms with van der Waals surface area (Å²) in [5.41, 5.74) is 1.77. The monoisotopic (exact) mass is 346 g/mol. The molecule has 1 aliphatic rings. The summed E-state index contributed by atoms with van der Waals surface area (Å²) < 4.78 is 7.35. The third-order valence-electron chi connectivity index (χ3n) is 3.93. The van der Waals surface area contributed by atoms with Gasteiger partial charge in [0, 0.05) is 30.2 Å². The normalized spacial score (nSPS) is 14.1. The van der Waals surface area contributed by atoms with Crippen LogP contribution in [0.2, 0.25) is 0 Å². The van der Waals surface area contributed by atoms with Crippen LogP contribution in [0.1, 0.15) is 19.0 Å². The summed E-state index contributed by atoms with van der Waals surface area (Å²) in [6.07, 6.45) is 2.71. The van der Waals surface area contributed by atoms with Gasteiger partial charge in [-0.15, -0.1) is 0 Å². The number of methoxy groups -OCH3 is 1. The molecule has 0 radical (unpaired) electrons. The predicted molar refractivity (Wildman–Crippen MR) is 95.5 cm³/mol.